The predicted octanol–water partition coefficient (Wildman–Crippen LogP) is 6.06. The van der Waals surface area contributed by atoms with Crippen LogP contribution in [0, 0.1) is 0 Å². The Morgan fingerprint density at radius 3 is 2.58 bits per heavy atom. The molecule has 4 rings (SSSR count). The number of hydrogen-bond donors (Lipinski definition) is 0. The van der Waals surface area contributed by atoms with Crippen LogP contribution in [0.4, 0.5) is 0 Å². The second-order valence-corrected chi connectivity index (χ2v) is 10.2. The molecule has 4 heteroatoms. The van der Waals surface area contributed by atoms with E-state index in [-0.39, 0.29) is 11.4 Å². The summed E-state index contributed by atoms with van der Waals surface area (Å²) in [6, 6.07) is 16.9. The maximum atomic E-state index is 12.8. The quantitative estimate of drug-likeness (QED) is 0.436. The third-order valence-corrected chi connectivity index (χ3v) is 7.70. The molecule has 0 amide bonds. The van der Waals surface area contributed by atoms with Crippen molar-refractivity contribution >= 4 is 5.97 Å². The summed E-state index contributed by atoms with van der Waals surface area (Å²) in [5.41, 5.74) is 3.35. The highest BCUT2D eigenvalue weighted by Crippen LogP contribution is 2.57. The molecular formula is C29H39NO3. The van der Waals surface area contributed by atoms with Gasteiger partial charge in [-0.25, -0.2) is 0 Å². The van der Waals surface area contributed by atoms with Gasteiger partial charge in [0, 0.05) is 11.8 Å². The predicted molar refractivity (Wildman–Crippen MR) is 133 cm³/mol. The molecule has 178 valence electrons. The van der Waals surface area contributed by atoms with Crippen LogP contribution in [0.3, 0.4) is 0 Å². The molecule has 0 aliphatic heterocycles. The number of benzene rings is 2. The van der Waals surface area contributed by atoms with Crippen LogP contribution in [-0.4, -0.2) is 37.1 Å². The Morgan fingerprint density at radius 2 is 1.82 bits per heavy atom. The molecular weight excluding hydrogens is 410 g/mol. The lowest BCUT2D eigenvalue weighted by molar-refractivity contribution is -0.179. The molecule has 0 heterocycles. The first-order valence-corrected chi connectivity index (χ1v) is 12.6. The van der Waals surface area contributed by atoms with Crippen molar-refractivity contribution in [3.8, 4) is 5.75 Å². The number of nitrogens with zero attached hydrogens (tertiary/aromatic N) is 1. The van der Waals surface area contributed by atoms with Crippen LogP contribution in [0.2, 0.25) is 0 Å². The van der Waals surface area contributed by atoms with Gasteiger partial charge in [0.05, 0.1) is 0 Å². The first-order chi connectivity index (χ1) is 16.0. The van der Waals surface area contributed by atoms with Crippen molar-refractivity contribution in [3.05, 3.63) is 65.2 Å². The molecule has 0 bridgehead atoms. The van der Waals surface area contributed by atoms with E-state index in [1.807, 2.05) is 25.1 Å². The molecule has 0 unspecified atom stereocenters. The fourth-order valence-corrected chi connectivity index (χ4v) is 6.01. The zero-order valence-electron chi connectivity index (χ0n) is 20.6. The van der Waals surface area contributed by atoms with Crippen LogP contribution >= 0.6 is 0 Å². The van der Waals surface area contributed by atoms with E-state index in [4.69, 9.17) is 9.47 Å². The van der Waals surface area contributed by atoms with Crippen LogP contribution in [0.15, 0.2) is 48.5 Å². The fourth-order valence-electron chi connectivity index (χ4n) is 6.01. The lowest BCUT2D eigenvalue weighted by Crippen LogP contribution is -2.59. The lowest BCUT2D eigenvalue weighted by Gasteiger charge is -2.56. The molecule has 2 aliphatic carbocycles. The smallest absolute Gasteiger partial charge is 0.306 e. The topological polar surface area (TPSA) is 38.8 Å². The summed E-state index contributed by atoms with van der Waals surface area (Å²) in [6.07, 6.45) is 8.53. The van der Waals surface area contributed by atoms with Gasteiger partial charge in [0.2, 0.25) is 0 Å². The second kappa shape index (κ2) is 10.3. The maximum Gasteiger partial charge on any atom is 0.306 e. The molecule has 0 N–H and O–H groups in total. The van der Waals surface area contributed by atoms with Gasteiger partial charge in [0.15, 0.2) is 0 Å². The molecule has 0 saturated heterocycles. The molecule has 1 fully saturated rings. The zero-order chi connectivity index (χ0) is 23.3. The Hall–Kier alpha value is -2.33. The van der Waals surface area contributed by atoms with Crippen molar-refractivity contribution < 1.29 is 14.3 Å². The number of carbonyl (C=O) groups is 1. The Morgan fingerprint density at radius 1 is 1.03 bits per heavy atom. The van der Waals surface area contributed by atoms with Crippen molar-refractivity contribution in [1.82, 2.24) is 4.90 Å². The summed E-state index contributed by atoms with van der Waals surface area (Å²) in [7, 11) is 4.26. The van der Waals surface area contributed by atoms with Crippen molar-refractivity contribution in [2.45, 2.75) is 82.3 Å². The fraction of sp³-hybridized carbons (Fsp3) is 0.552. The molecule has 1 saturated carbocycles. The van der Waals surface area contributed by atoms with E-state index >= 15 is 0 Å². The third kappa shape index (κ3) is 4.96. The van der Waals surface area contributed by atoms with Gasteiger partial charge >= 0.3 is 5.97 Å². The average Bonchev–Trinajstić information content (AvgIpc) is 2.82. The molecule has 2 aromatic carbocycles. The van der Waals surface area contributed by atoms with E-state index in [1.54, 1.807) is 0 Å². The van der Waals surface area contributed by atoms with Crippen LogP contribution in [0.5, 0.6) is 5.75 Å². The molecule has 4 nitrogen and oxygen atoms in total. The number of aryl methyl sites for hydroxylation is 1. The maximum absolute atomic E-state index is 12.8. The Bertz CT molecular complexity index is 941. The van der Waals surface area contributed by atoms with Crippen LogP contribution < -0.4 is 4.74 Å². The SMILES string of the molecule is CCCC(=O)O[C@]12CCCC[C@@]1(CCN(C)C)c1cc(OCc3ccccc3)ccc1CC2. The van der Waals surface area contributed by atoms with Gasteiger partial charge in [-0.3, -0.25) is 4.79 Å². The lowest BCUT2D eigenvalue weighted by atomic mass is 9.53. The van der Waals surface area contributed by atoms with Gasteiger partial charge in [-0.05, 0) is 94.4 Å². The Balaban J connectivity index is 1.71. The minimum atomic E-state index is -0.404. The molecule has 33 heavy (non-hydrogen) atoms. The Kier molecular flexibility index (Phi) is 7.43. The monoisotopic (exact) mass is 449 g/mol. The summed E-state index contributed by atoms with van der Waals surface area (Å²) >= 11 is 0. The van der Waals surface area contributed by atoms with E-state index in [1.165, 1.54) is 17.5 Å². The van der Waals surface area contributed by atoms with Crippen molar-refractivity contribution in [2.24, 2.45) is 0 Å². The van der Waals surface area contributed by atoms with E-state index in [9.17, 15) is 4.79 Å². The molecule has 2 aliphatic rings. The number of esters is 1. The average molecular weight is 450 g/mol. The summed E-state index contributed by atoms with van der Waals surface area (Å²) < 4.78 is 12.7. The number of fused-ring (bicyclic) bond motifs is 3. The van der Waals surface area contributed by atoms with Crippen molar-refractivity contribution in [3.63, 3.8) is 0 Å². The summed E-state index contributed by atoms with van der Waals surface area (Å²) in [6.45, 7) is 3.58. The second-order valence-electron chi connectivity index (χ2n) is 10.2. The normalized spacial score (nSPS) is 24.1. The molecule has 0 aromatic heterocycles. The van der Waals surface area contributed by atoms with Gasteiger partial charge in [-0.15, -0.1) is 0 Å². The largest absolute Gasteiger partial charge is 0.489 e. The molecule has 0 radical (unpaired) electrons. The highest BCUT2D eigenvalue weighted by atomic mass is 16.6. The summed E-state index contributed by atoms with van der Waals surface area (Å²) in [4.78, 5) is 15.1. The van der Waals surface area contributed by atoms with Crippen molar-refractivity contribution in [2.75, 3.05) is 20.6 Å². The minimum absolute atomic E-state index is 0.0337. The third-order valence-electron chi connectivity index (χ3n) is 7.70. The minimum Gasteiger partial charge on any atom is -0.489 e. The number of rotatable bonds is 9. The van der Waals surface area contributed by atoms with E-state index in [0.29, 0.717) is 13.0 Å². The highest BCUT2D eigenvalue weighted by Gasteiger charge is 2.58. The van der Waals surface area contributed by atoms with E-state index in [2.05, 4.69) is 49.3 Å². The summed E-state index contributed by atoms with van der Waals surface area (Å²) in [5, 5.41) is 0. The zero-order valence-corrected chi connectivity index (χ0v) is 20.6. The van der Waals surface area contributed by atoms with E-state index < -0.39 is 5.60 Å². The number of carbonyl (C=O) groups excluding carboxylic acids is 1. The van der Waals surface area contributed by atoms with Gasteiger partial charge in [-0.1, -0.05) is 49.7 Å². The number of ether oxygens (including phenoxy) is 2. The van der Waals surface area contributed by atoms with Crippen LogP contribution in [0.1, 0.15) is 75.0 Å². The van der Waals surface area contributed by atoms with Crippen LogP contribution in [-0.2, 0) is 28.0 Å². The first kappa shape index (κ1) is 23.8. The van der Waals surface area contributed by atoms with Gasteiger partial charge in [-0.2, -0.15) is 0 Å². The first-order valence-electron chi connectivity index (χ1n) is 12.6. The molecule has 0 spiro atoms. The standard InChI is InChI=1S/C29H39NO3/c1-4-10-27(31)33-29-17-9-8-16-28(29,19-20-30(2)3)26-21-25(14-13-24(26)15-18-29)32-22-23-11-6-5-7-12-23/h5-7,11-14,21H,4,8-10,15-20,22H2,1-3H3/t28-,29+/m1/s1. The Labute approximate surface area is 199 Å². The molecule has 2 aromatic rings. The number of hydrogen-bond acceptors (Lipinski definition) is 4. The van der Waals surface area contributed by atoms with Crippen LogP contribution in [0.25, 0.3) is 0 Å². The van der Waals surface area contributed by atoms with Gasteiger partial charge in [0.25, 0.3) is 0 Å². The van der Waals surface area contributed by atoms with Gasteiger partial charge < -0.3 is 14.4 Å². The summed E-state index contributed by atoms with van der Waals surface area (Å²) in [5.74, 6) is 0.872. The van der Waals surface area contributed by atoms with Crippen molar-refractivity contribution in [1.29, 1.82) is 0 Å². The van der Waals surface area contributed by atoms with E-state index in [0.717, 1.165) is 62.8 Å². The highest BCUT2D eigenvalue weighted by molar-refractivity contribution is 5.70. The van der Waals surface area contributed by atoms with Gasteiger partial charge in [0.1, 0.15) is 18.0 Å². The molecule has 2 atom stereocenters.